The molecule has 1 amide bonds. The van der Waals surface area contributed by atoms with Gasteiger partial charge in [-0.15, -0.1) is 0 Å². The summed E-state index contributed by atoms with van der Waals surface area (Å²) >= 11 is 0. The molecule has 18 heavy (non-hydrogen) atoms. The van der Waals surface area contributed by atoms with E-state index >= 15 is 0 Å². The van der Waals surface area contributed by atoms with Crippen molar-refractivity contribution in [2.45, 2.75) is 27.7 Å². The van der Waals surface area contributed by atoms with Crippen molar-refractivity contribution in [3.63, 3.8) is 0 Å². The zero-order valence-corrected chi connectivity index (χ0v) is 11.4. The number of nitrogens with two attached hydrogens (primary N) is 1. The van der Waals surface area contributed by atoms with Crippen molar-refractivity contribution >= 4 is 11.6 Å². The molecule has 0 aliphatic rings. The molecule has 3 nitrogen and oxygen atoms in total. The molecule has 0 heterocycles. The van der Waals surface area contributed by atoms with Crippen LogP contribution in [-0.4, -0.2) is 12.5 Å². The Morgan fingerprint density at radius 1 is 1.44 bits per heavy atom. The largest absolute Gasteiger partial charge is 0.396 e. The number of carbonyl (C=O) groups excluding carboxylic acids is 1. The molecule has 0 spiro atoms. The van der Waals surface area contributed by atoms with E-state index in [1.165, 1.54) is 18.2 Å². The van der Waals surface area contributed by atoms with Crippen LogP contribution >= 0.6 is 0 Å². The Morgan fingerprint density at radius 3 is 2.56 bits per heavy atom. The van der Waals surface area contributed by atoms with Crippen molar-refractivity contribution in [2.75, 3.05) is 12.3 Å². The summed E-state index contributed by atoms with van der Waals surface area (Å²) in [7, 11) is 0. The number of benzene rings is 1. The monoisotopic (exact) mass is 252 g/mol. The lowest BCUT2D eigenvalue weighted by molar-refractivity contribution is 0.0937. The predicted octanol–water partition coefficient (Wildman–Crippen LogP) is 2.82. The van der Waals surface area contributed by atoms with E-state index in [-0.39, 0.29) is 17.0 Å². The molecule has 1 aromatic rings. The van der Waals surface area contributed by atoms with Gasteiger partial charge < -0.3 is 11.1 Å². The Balaban J connectivity index is 2.63. The molecule has 4 heteroatoms. The molecule has 0 saturated carbocycles. The van der Waals surface area contributed by atoms with Crippen molar-refractivity contribution in [1.29, 1.82) is 0 Å². The van der Waals surface area contributed by atoms with Gasteiger partial charge in [0.2, 0.25) is 0 Å². The van der Waals surface area contributed by atoms with Gasteiger partial charge in [0.1, 0.15) is 5.82 Å². The molecule has 0 saturated heterocycles. The van der Waals surface area contributed by atoms with Gasteiger partial charge in [-0.1, -0.05) is 27.7 Å². The highest BCUT2D eigenvalue weighted by molar-refractivity contribution is 5.95. The summed E-state index contributed by atoms with van der Waals surface area (Å²) in [4.78, 5) is 11.9. The highest BCUT2D eigenvalue weighted by atomic mass is 19.1. The summed E-state index contributed by atoms with van der Waals surface area (Å²) in [5, 5.41) is 2.84. The van der Waals surface area contributed by atoms with E-state index in [2.05, 4.69) is 33.0 Å². The number of halogens is 1. The average Bonchev–Trinajstić information content (AvgIpc) is 2.27. The van der Waals surface area contributed by atoms with Crippen LogP contribution in [0, 0.1) is 17.2 Å². The normalized spacial score (nSPS) is 13.2. The Labute approximate surface area is 108 Å². The first-order chi connectivity index (χ1) is 8.21. The highest BCUT2D eigenvalue weighted by Gasteiger charge is 2.20. The summed E-state index contributed by atoms with van der Waals surface area (Å²) in [5.74, 6) is -0.383. The van der Waals surface area contributed by atoms with Gasteiger partial charge in [0.15, 0.2) is 0 Å². The van der Waals surface area contributed by atoms with Crippen LogP contribution in [0.15, 0.2) is 18.2 Å². The first-order valence-corrected chi connectivity index (χ1v) is 6.05. The second-order valence-electron chi connectivity index (χ2n) is 5.71. The minimum Gasteiger partial charge on any atom is -0.396 e. The number of anilines is 1. The van der Waals surface area contributed by atoms with Gasteiger partial charge in [0.05, 0.1) is 5.69 Å². The summed E-state index contributed by atoms with van der Waals surface area (Å²) in [6.07, 6.45) is 0. The third-order valence-corrected chi connectivity index (χ3v) is 3.31. The van der Waals surface area contributed by atoms with Gasteiger partial charge in [0, 0.05) is 12.1 Å². The van der Waals surface area contributed by atoms with Crippen LogP contribution in [-0.2, 0) is 0 Å². The van der Waals surface area contributed by atoms with E-state index in [0.29, 0.717) is 18.0 Å². The summed E-state index contributed by atoms with van der Waals surface area (Å²) < 4.78 is 13.0. The molecule has 1 atom stereocenters. The smallest absolute Gasteiger partial charge is 0.251 e. The third kappa shape index (κ3) is 3.72. The molecular weight excluding hydrogens is 231 g/mol. The van der Waals surface area contributed by atoms with E-state index in [9.17, 15) is 9.18 Å². The maximum absolute atomic E-state index is 13.0. The van der Waals surface area contributed by atoms with Crippen molar-refractivity contribution in [3.8, 4) is 0 Å². The number of carbonyl (C=O) groups is 1. The van der Waals surface area contributed by atoms with E-state index in [0.717, 1.165) is 0 Å². The number of hydrogen-bond donors (Lipinski definition) is 2. The van der Waals surface area contributed by atoms with Crippen LogP contribution in [0.5, 0.6) is 0 Å². The molecule has 1 unspecified atom stereocenters. The number of hydrogen-bond acceptors (Lipinski definition) is 2. The number of rotatable bonds is 3. The quantitative estimate of drug-likeness (QED) is 0.813. The maximum atomic E-state index is 13.0. The summed E-state index contributed by atoms with van der Waals surface area (Å²) in [6.45, 7) is 9.04. The first kappa shape index (κ1) is 14.5. The van der Waals surface area contributed by atoms with Crippen LogP contribution in [0.25, 0.3) is 0 Å². The minimum absolute atomic E-state index is 0.00785. The Kier molecular flexibility index (Phi) is 4.33. The Hall–Kier alpha value is -1.58. The fourth-order valence-corrected chi connectivity index (χ4v) is 1.34. The molecule has 3 N–H and O–H groups in total. The summed E-state index contributed by atoms with van der Waals surface area (Å²) in [5.41, 5.74) is 5.94. The predicted molar refractivity (Wildman–Crippen MR) is 71.8 cm³/mol. The molecule has 0 radical (unpaired) electrons. The van der Waals surface area contributed by atoms with Crippen molar-refractivity contribution < 1.29 is 9.18 Å². The van der Waals surface area contributed by atoms with Crippen LogP contribution in [0.1, 0.15) is 38.1 Å². The lowest BCUT2D eigenvalue weighted by atomic mass is 9.82. The van der Waals surface area contributed by atoms with Gasteiger partial charge in [-0.3, -0.25) is 4.79 Å². The molecule has 100 valence electrons. The van der Waals surface area contributed by atoms with Crippen LogP contribution < -0.4 is 11.1 Å². The molecule has 1 aromatic carbocycles. The van der Waals surface area contributed by atoms with Gasteiger partial charge in [-0.2, -0.15) is 0 Å². The van der Waals surface area contributed by atoms with E-state index < -0.39 is 5.82 Å². The average molecular weight is 252 g/mol. The standard InChI is InChI=1S/C14H21FN2O/c1-9(14(2,3)4)8-17-13(18)10-5-6-11(15)12(16)7-10/h5-7,9H,8,16H2,1-4H3,(H,17,18). The fraction of sp³-hybridized carbons (Fsp3) is 0.500. The van der Waals surface area contributed by atoms with Gasteiger partial charge >= 0.3 is 0 Å². The zero-order chi connectivity index (χ0) is 13.9. The minimum atomic E-state index is -0.505. The molecule has 0 aliphatic carbocycles. The molecular formula is C14H21FN2O. The van der Waals surface area contributed by atoms with Crippen LogP contribution in [0.3, 0.4) is 0 Å². The molecule has 0 bridgehead atoms. The first-order valence-electron chi connectivity index (χ1n) is 6.05. The zero-order valence-electron chi connectivity index (χ0n) is 11.4. The van der Waals surface area contributed by atoms with Gasteiger partial charge in [-0.25, -0.2) is 4.39 Å². The Morgan fingerprint density at radius 2 is 2.06 bits per heavy atom. The van der Waals surface area contributed by atoms with Crippen molar-refractivity contribution in [1.82, 2.24) is 5.32 Å². The number of amides is 1. The van der Waals surface area contributed by atoms with E-state index in [4.69, 9.17) is 5.73 Å². The lowest BCUT2D eigenvalue weighted by Crippen LogP contribution is -2.33. The maximum Gasteiger partial charge on any atom is 0.251 e. The summed E-state index contributed by atoms with van der Waals surface area (Å²) in [6, 6.07) is 3.99. The van der Waals surface area contributed by atoms with Crippen LogP contribution in [0.2, 0.25) is 0 Å². The molecule has 0 aromatic heterocycles. The second kappa shape index (κ2) is 5.38. The lowest BCUT2D eigenvalue weighted by Gasteiger charge is -2.27. The van der Waals surface area contributed by atoms with Crippen LogP contribution in [0.4, 0.5) is 10.1 Å². The van der Waals surface area contributed by atoms with Crippen molar-refractivity contribution in [2.24, 2.45) is 11.3 Å². The number of nitrogen functional groups attached to an aromatic ring is 1. The van der Waals surface area contributed by atoms with Gasteiger partial charge in [0.25, 0.3) is 5.91 Å². The second-order valence-corrected chi connectivity index (χ2v) is 5.71. The topological polar surface area (TPSA) is 55.1 Å². The molecule has 0 fully saturated rings. The highest BCUT2D eigenvalue weighted by Crippen LogP contribution is 2.24. The van der Waals surface area contributed by atoms with Gasteiger partial charge in [-0.05, 0) is 29.5 Å². The van der Waals surface area contributed by atoms with Crippen molar-refractivity contribution in [3.05, 3.63) is 29.6 Å². The fourth-order valence-electron chi connectivity index (χ4n) is 1.34. The molecule has 1 rings (SSSR count). The SMILES string of the molecule is CC(CNC(=O)c1ccc(F)c(N)c1)C(C)(C)C. The number of nitrogens with one attached hydrogen (secondary N) is 1. The molecule has 0 aliphatic heterocycles. The van der Waals surface area contributed by atoms with E-state index in [1.807, 2.05) is 0 Å². The third-order valence-electron chi connectivity index (χ3n) is 3.31. The Bertz CT molecular complexity index is 438. The van der Waals surface area contributed by atoms with E-state index in [1.54, 1.807) is 0 Å².